The number of rotatable bonds is 0. The standard InChI is InChI=1S/C28H32O11/c1-22-10-17-24(3)28-18(22)19(31)27(39-28,36-11-14(22)20(32)37-17)13-9-16(30)25(34)7-4-5-15(29)23(25,2)12(13)6-8-26(28,35)21(33)38-24/h4-5,12-14,16-18,30,34-35H,6-11H2,1-3H3/t12?,13?,14-,16+,17+,18?,22+,23-,24-,25-,26+,27+,28-/m0/s1. The van der Waals surface area contributed by atoms with Crippen molar-refractivity contribution in [2.24, 2.45) is 34.5 Å². The summed E-state index contributed by atoms with van der Waals surface area (Å²) in [6.45, 7) is 4.69. The van der Waals surface area contributed by atoms with Gasteiger partial charge in [0.15, 0.2) is 28.4 Å². The van der Waals surface area contributed by atoms with Crippen LogP contribution < -0.4 is 0 Å². The van der Waals surface area contributed by atoms with Crippen molar-refractivity contribution >= 4 is 23.5 Å². The van der Waals surface area contributed by atoms with Crippen molar-refractivity contribution in [1.82, 2.24) is 0 Å². The van der Waals surface area contributed by atoms with Crippen LogP contribution in [-0.4, -0.2) is 85.8 Å². The van der Waals surface area contributed by atoms with Gasteiger partial charge in [-0.05, 0) is 63.4 Å². The predicted octanol–water partition coefficient (Wildman–Crippen LogP) is -0.277. The van der Waals surface area contributed by atoms with Crippen LogP contribution in [-0.2, 0) is 38.1 Å². The van der Waals surface area contributed by atoms with E-state index in [9.17, 15) is 34.5 Å². The van der Waals surface area contributed by atoms with Gasteiger partial charge < -0.3 is 34.3 Å². The molecule has 8 rings (SSSR count). The number of hydrogen-bond donors (Lipinski definition) is 3. The summed E-state index contributed by atoms with van der Waals surface area (Å²) in [6.07, 6.45) is 0.491. The first-order chi connectivity index (χ1) is 18.2. The molecule has 0 amide bonds. The molecule has 13 atom stereocenters. The van der Waals surface area contributed by atoms with Crippen molar-refractivity contribution in [3.8, 4) is 0 Å². The number of aliphatic hydroxyl groups is 3. The van der Waals surface area contributed by atoms with Crippen LogP contribution in [0, 0.1) is 34.5 Å². The second-order valence-corrected chi connectivity index (χ2v) is 13.8. The molecule has 5 aliphatic heterocycles. The van der Waals surface area contributed by atoms with Crippen LogP contribution in [0.3, 0.4) is 0 Å². The molecule has 0 aromatic heterocycles. The molecule has 2 spiro atoms. The van der Waals surface area contributed by atoms with Gasteiger partial charge in [-0.25, -0.2) is 4.79 Å². The fraction of sp³-hybridized carbons (Fsp3) is 0.786. The number of Topliss-reactive ketones (excluding diaryl/α,β-unsaturated/α-hetero) is 1. The SMILES string of the molecule is C[C@@]12C[C@H]3OC(=O)[C@@H]1CO[C@]14O[C@]5(C2C1=O)[C@@](O)(CCC1C4C[C@@H](O)[C@@]2(O)CC=CC(=O)[C@]12C)C(=O)O[C@@]35C. The summed E-state index contributed by atoms with van der Waals surface area (Å²) in [4.78, 5) is 55.5. The maximum absolute atomic E-state index is 14.9. The summed E-state index contributed by atoms with van der Waals surface area (Å²) >= 11 is 0. The molecule has 8 aliphatic rings. The molecule has 2 saturated carbocycles. The fourth-order valence-electron chi connectivity index (χ4n) is 10.6. The highest BCUT2D eigenvalue weighted by molar-refractivity contribution is 6.00. The van der Waals surface area contributed by atoms with E-state index in [1.54, 1.807) is 20.8 Å². The molecule has 5 bridgehead atoms. The second-order valence-electron chi connectivity index (χ2n) is 13.8. The van der Waals surface area contributed by atoms with Crippen molar-refractivity contribution < 1.29 is 53.4 Å². The molecule has 11 nitrogen and oxygen atoms in total. The van der Waals surface area contributed by atoms with E-state index >= 15 is 0 Å². The van der Waals surface area contributed by atoms with E-state index < -0.39 is 98.4 Å². The lowest BCUT2D eigenvalue weighted by molar-refractivity contribution is -0.382. The maximum Gasteiger partial charge on any atom is 0.342 e. The zero-order valence-corrected chi connectivity index (χ0v) is 22.0. The largest absolute Gasteiger partial charge is 0.458 e. The minimum absolute atomic E-state index is 0.0207. The molecule has 3 N–H and O–H groups in total. The van der Waals surface area contributed by atoms with Gasteiger partial charge in [0, 0.05) is 5.92 Å². The highest BCUT2D eigenvalue weighted by atomic mass is 16.8. The number of carbonyl (C=O) groups is 4. The van der Waals surface area contributed by atoms with E-state index in [0.717, 1.165) is 0 Å². The third-order valence-corrected chi connectivity index (χ3v) is 12.7. The van der Waals surface area contributed by atoms with E-state index in [0.29, 0.717) is 0 Å². The Labute approximate surface area is 223 Å². The Morgan fingerprint density at radius 3 is 2.54 bits per heavy atom. The Kier molecular flexibility index (Phi) is 4.09. The molecule has 7 fully saturated rings. The number of ketones is 2. The summed E-state index contributed by atoms with van der Waals surface area (Å²) in [7, 11) is 0. The summed E-state index contributed by atoms with van der Waals surface area (Å²) in [6, 6.07) is 0. The molecule has 5 heterocycles. The number of ether oxygens (including phenoxy) is 4. The molecule has 0 aromatic carbocycles. The lowest BCUT2D eigenvalue weighted by Crippen LogP contribution is -2.79. The average Bonchev–Trinajstić information content (AvgIpc) is 3.19. The Hall–Kier alpha value is -2.18. The quantitative estimate of drug-likeness (QED) is 0.344. The van der Waals surface area contributed by atoms with Crippen molar-refractivity contribution in [1.29, 1.82) is 0 Å². The topological polar surface area (TPSA) is 166 Å². The third kappa shape index (κ3) is 2.10. The number of aliphatic hydroxyl groups excluding tert-OH is 1. The Morgan fingerprint density at radius 2 is 1.79 bits per heavy atom. The highest BCUT2D eigenvalue weighted by Crippen LogP contribution is 2.75. The average molecular weight is 545 g/mol. The summed E-state index contributed by atoms with van der Waals surface area (Å²) < 4.78 is 24.9. The van der Waals surface area contributed by atoms with Crippen molar-refractivity contribution in [2.45, 2.75) is 93.3 Å². The van der Waals surface area contributed by atoms with E-state index in [-0.39, 0.29) is 38.7 Å². The van der Waals surface area contributed by atoms with Crippen LogP contribution in [0.4, 0.5) is 0 Å². The number of allylic oxidation sites excluding steroid dienone is 1. The molecule has 0 aromatic rings. The van der Waals surface area contributed by atoms with Gasteiger partial charge in [0.1, 0.15) is 11.7 Å². The highest BCUT2D eigenvalue weighted by Gasteiger charge is 2.93. The molecule has 11 heteroatoms. The first-order valence-corrected chi connectivity index (χ1v) is 13.8. The molecular formula is C28H32O11. The van der Waals surface area contributed by atoms with Crippen LogP contribution in [0.2, 0.25) is 0 Å². The van der Waals surface area contributed by atoms with Crippen molar-refractivity contribution in [3.05, 3.63) is 12.2 Å². The number of esters is 2. The first-order valence-electron chi connectivity index (χ1n) is 13.8. The van der Waals surface area contributed by atoms with Gasteiger partial charge >= 0.3 is 11.9 Å². The summed E-state index contributed by atoms with van der Waals surface area (Å²) in [5, 5.41) is 35.6. The third-order valence-electron chi connectivity index (χ3n) is 12.7. The van der Waals surface area contributed by atoms with Crippen LogP contribution in [0.15, 0.2) is 12.2 Å². The van der Waals surface area contributed by atoms with Gasteiger partial charge in [0.25, 0.3) is 0 Å². The van der Waals surface area contributed by atoms with Crippen LogP contribution in [0.1, 0.15) is 52.9 Å². The minimum Gasteiger partial charge on any atom is -0.458 e. The number of hydrogen-bond acceptors (Lipinski definition) is 11. The van der Waals surface area contributed by atoms with Crippen molar-refractivity contribution in [2.75, 3.05) is 6.61 Å². The Balaban J connectivity index is 1.43. The lowest BCUT2D eigenvalue weighted by Gasteiger charge is -2.64. The normalized spacial score (nSPS) is 62.0. The molecule has 5 saturated heterocycles. The molecule has 39 heavy (non-hydrogen) atoms. The minimum atomic E-state index is -2.32. The molecule has 210 valence electrons. The van der Waals surface area contributed by atoms with Gasteiger partial charge in [-0.1, -0.05) is 13.0 Å². The number of carbonyl (C=O) groups excluding carboxylic acids is 4. The van der Waals surface area contributed by atoms with Crippen LogP contribution >= 0.6 is 0 Å². The van der Waals surface area contributed by atoms with Gasteiger partial charge in [0.2, 0.25) is 5.79 Å². The summed E-state index contributed by atoms with van der Waals surface area (Å²) in [5.74, 6) is -8.35. The first kappa shape index (κ1) is 24.6. The number of fused-ring (bicyclic) bond motifs is 5. The van der Waals surface area contributed by atoms with Gasteiger partial charge in [-0.2, -0.15) is 0 Å². The predicted molar refractivity (Wildman–Crippen MR) is 125 cm³/mol. The monoisotopic (exact) mass is 544 g/mol. The van der Waals surface area contributed by atoms with E-state index in [1.165, 1.54) is 12.2 Å². The van der Waals surface area contributed by atoms with Crippen LogP contribution in [0.5, 0.6) is 0 Å². The van der Waals surface area contributed by atoms with E-state index in [4.69, 9.17) is 18.9 Å². The molecule has 3 aliphatic carbocycles. The van der Waals surface area contributed by atoms with Crippen LogP contribution in [0.25, 0.3) is 0 Å². The maximum atomic E-state index is 14.9. The Morgan fingerprint density at radius 1 is 1.05 bits per heavy atom. The second kappa shape index (κ2) is 6.49. The van der Waals surface area contributed by atoms with Gasteiger partial charge in [-0.15, -0.1) is 0 Å². The van der Waals surface area contributed by atoms with Gasteiger partial charge in [0.05, 0.1) is 30.0 Å². The van der Waals surface area contributed by atoms with Gasteiger partial charge in [-0.3, -0.25) is 14.4 Å². The zero-order valence-electron chi connectivity index (χ0n) is 22.0. The molecular weight excluding hydrogens is 512 g/mol. The molecule has 3 unspecified atom stereocenters. The Bertz CT molecular complexity index is 1330. The van der Waals surface area contributed by atoms with E-state index in [1.807, 2.05) is 0 Å². The summed E-state index contributed by atoms with van der Waals surface area (Å²) in [5.41, 5.74) is -10.4. The fourth-order valence-corrected chi connectivity index (χ4v) is 10.6. The molecule has 0 radical (unpaired) electrons. The van der Waals surface area contributed by atoms with E-state index in [2.05, 4.69) is 0 Å². The zero-order chi connectivity index (χ0) is 27.8. The smallest absolute Gasteiger partial charge is 0.342 e. The lowest BCUT2D eigenvalue weighted by atomic mass is 9.46. The van der Waals surface area contributed by atoms with Crippen molar-refractivity contribution in [3.63, 3.8) is 0 Å².